The first-order chi connectivity index (χ1) is 14.2. The van der Waals surface area contributed by atoms with Gasteiger partial charge in [-0.3, -0.25) is 9.48 Å². The van der Waals surface area contributed by atoms with E-state index in [0.717, 1.165) is 35.7 Å². The van der Waals surface area contributed by atoms with E-state index >= 15 is 0 Å². The minimum absolute atomic E-state index is 0. The van der Waals surface area contributed by atoms with Gasteiger partial charge in [0.15, 0.2) is 0 Å². The van der Waals surface area contributed by atoms with Crippen LogP contribution in [-0.4, -0.2) is 28.8 Å². The zero-order valence-corrected chi connectivity index (χ0v) is 17.8. The summed E-state index contributed by atoms with van der Waals surface area (Å²) >= 11 is 0. The summed E-state index contributed by atoms with van der Waals surface area (Å²) in [4.78, 5) is 13.3. The highest BCUT2D eigenvalue weighted by Gasteiger charge is 2.41. The van der Waals surface area contributed by atoms with Gasteiger partial charge in [-0.25, -0.2) is 0 Å². The molecule has 0 unspecified atom stereocenters. The van der Waals surface area contributed by atoms with Crippen LogP contribution in [0.2, 0.25) is 0 Å². The lowest BCUT2D eigenvalue weighted by atomic mass is 9.87. The molecule has 0 radical (unpaired) electrons. The number of hydrogen-bond acceptors (Lipinski definition) is 4. The maximum atomic E-state index is 13.3. The number of benzene rings is 2. The van der Waals surface area contributed by atoms with Crippen LogP contribution in [0, 0.1) is 6.92 Å². The number of para-hydroxylation sites is 1. The third kappa shape index (κ3) is 4.66. The predicted octanol–water partition coefficient (Wildman–Crippen LogP) is 3.80. The Morgan fingerprint density at radius 2 is 1.97 bits per heavy atom. The van der Waals surface area contributed by atoms with Crippen molar-refractivity contribution in [3.05, 3.63) is 78.1 Å². The number of carbonyl (C=O) groups excluding carboxylic acids is 1. The maximum absolute atomic E-state index is 13.3. The van der Waals surface area contributed by atoms with Crippen molar-refractivity contribution in [1.29, 1.82) is 0 Å². The van der Waals surface area contributed by atoms with Crippen LogP contribution in [0.1, 0.15) is 24.0 Å². The van der Waals surface area contributed by atoms with Gasteiger partial charge < -0.3 is 15.4 Å². The molecule has 1 aromatic heterocycles. The van der Waals surface area contributed by atoms with Gasteiger partial charge in [0.05, 0.1) is 0 Å². The SMILES string of the molecule is Cc1cccc(Oc2ccccc2CNC(=O)C2(n3cccn3)CCNCC2)c1.Cl. The van der Waals surface area contributed by atoms with Crippen molar-refractivity contribution in [2.45, 2.75) is 31.8 Å². The zero-order chi connectivity index (χ0) is 20.1. The van der Waals surface area contributed by atoms with Crippen molar-refractivity contribution in [3.63, 3.8) is 0 Å². The molecule has 1 aliphatic rings. The van der Waals surface area contributed by atoms with Crippen LogP contribution in [0.15, 0.2) is 67.0 Å². The van der Waals surface area contributed by atoms with Crippen LogP contribution < -0.4 is 15.4 Å². The van der Waals surface area contributed by atoms with E-state index in [-0.39, 0.29) is 18.3 Å². The highest BCUT2D eigenvalue weighted by molar-refractivity contribution is 5.85. The Bertz CT molecular complexity index is 969. The number of rotatable bonds is 6. The molecule has 3 aromatic rings. The molecule has 2 aromatic carbocycles. The van der Waals surface area contributed by atoms with Crippen molar-refractivity contribution >= 4 is 18.3 Å². The number of halogens is 1. The van der Waals surface area contributed by atoms with Gasteiger partial charge in [0, 0.05) is 24.5 Å². The fourth-order valence-corrected chi connectivity index (χ4v) is 3.82. The third-order valence-electron chi connectivity index (χ3n) is 5.43. The van der Waals surface area contributed by atoms with E-state index in [2.05, 4.69) is 15.7 Å². The lowest BCUT2D eigenvalue weighted by molar-refractivity contribution is -0.132. The second-order valence-electron chi connectivity index (χ2n) is 7.44. The van der Waals surface area contributed by atoms with Gasteiger partial charge in [-0.1, -0.05) is 30.3 Å². The van der Waals surface area contributed by atoms with Crippen LogP contribution in [0.3, 0.4) is 0 Å². The summed E-state index contributed by atoms with van der Waals surface area (Å²) in [5.41, 5.74) is 1.42. The van der Waals surface area contributed by atoms with E-state index in [4.69, 9.17) is 4.74 Å². The third-order valence-corrected chi connectivity index (χ3v) is 5.43. The number of amides is 1. The van der Waals surface area contributed by atoms with Gasteiger partial charge in [0.1, 0.15) is 17.0 Å². The summed E-state index contributed by atoms with van der Waals surface area (Å²) in [7, 11) is 0. The Kier molecular flexibility index (Phi) is 7.13. The van der Waals surface area contributed by atoms with E-state index in [1.165, 1.54) is 0 Å². The molecule has 1 fully saturated rings. The van der Waals surface area contributed by atoms with Gasteiger partial charge in [-0.2, -0.15) is 5.10 Å². The Balaban J connectivity index is 0.00000256. The molecule has 7 heteroatoms. The molecule has 1 saturated heterocycles. The largest absolute Gasteiger partial charge is 0.457 e. The number of nitrogens with zero attached hydrogens (tertiary/aromatic N) is 2. The summed E-state index contributed by atoms with van der Waals surface area (Å²) < 4.78 is 7.89. The Morgan fingerprint density at radius 3 is 2.70 bits per heavy atom. The van der Waals surface area contributed by atoms with Gasteiger partial charge in [-0.05, 0) is 62.7 Å². The van der Waals surface area contributed by atoms with E-state index in [1.54, 1.807) is 10.9 Å². The molecule has 30 heavy (non-hydrogen) atoms. The molecule has 0 spiro atoms. The summed E-state index contributed by atoms with van der Waals surface area (Å²) in [6.07, 6.45) is 5.02. The minimum atomic E-state index is -0.652. The molecular formula is C23H27ClN4O2. The molecule has 2 heterocycles. The predicted molar refractivity (Wildman–Crippen MR) is 119 cm³/mol. The van der Waals surface area contributed by atoms with Crippen molar-refractivity contribution in [2.75, 3.05) is 13.1 Å². The van der Waals surface area contributed by atoms with Crippen LogP contribution >= 0.6 is 12.4 Å². The van der Waals surface area contributed by atoms with Crippen LogP contribution in [-0.2, 0) is 16.9 Å². The first-order valence-electron chi connectivity index (χ1n) is 9.99. The van der Waals surface area contributed by atoms with Crippen molar-refractivity contribution in [3.8, 4) is 11.5 Å². The van der Waals surface area contributed by atoms with Gasteiger partial charge >= 0.3 is 0 Å². The average Bonchev–Trinajstić information content (AvgIpc) is 3.29. The summed E-state index contributed by atoms with van der Waals surface area (Å²) in [6, 6.07) is 17.6. The highest BCUT2D eigenvalue weighted by atomic mass is 35.5. The van der Waals surface area contributed by atoms with E-state index in [9.17, 15) is 4.79 Å². The number of nitrogens with one attached hydrogen (secondary N) is 2. The van der Waals surface area contributed by atoms with E-state index in [1.807, 2.05) is 67.7 Å². The summed E-state index contributed by atoms with van der Waals surface area (Å²) in [5.74, 6) is 1.53. The Labute approximate surface area is 183 Å². The summed E-state index contributed by atoms with van der Waals surface area (Å²) in [5, 5.41) is 10.8. The van der Waals surface area contributed by atoms with E-state index in [0.29, 0.717) is 19.4 Å². The van der Waals surface area contributed by atoms with Crippen LogP contribution in [0.4, 0.5) is 0 Å². The van der Waals surface area contributed by atoms with Crippen molar-refractivity contribution < 1.29 is 9.53 Å². The monoisotopic (exact) mass is 426 g/mol. The average molecular weight is 427 g/mol. The quantitative estimate of drug-likeness (QED) is 0.629. The number of piperidine rings is 1. The standard InChI is InChI=1S/C23H26N4O2.ClH/c1-18-6-4-8-20(16-18)29-21-9-3-2-7-19(21)17-25-22(28)23(10-13-24-14-11-23)27-15-5-12-26-27;/h2-9,12,15-16,24H,10-11,13-14,17H2,1H3,(H,25,28);1H. The fourth-order valence-electron chi connectivity index (χ4n) is 3.82. The summed E-state index contributed by atoms with van der Waals surface area (Å²) in [6.45, 7) is 4.02. The van der Waals surface area contributed by atoms with Gasteiger partial charge in [0.25, 0.3) is 0 Å². The van der Waals surface area contributed by atoms with Crippen molar-refractivity contribution in [2.24, 2.45) is 0 Å². The fraction of sp³-hybridized carbons (Fsp3) is 0.304. The second kappa shape index (κ2) is 9.78. The normalized spacial score (nSPS) is 15.1. The lowest BCUT2D eigenvalue weighted by Crippen LogP contribution is -2.54. The number of hydrogen-bond donors (Lipinski definition) is 2. The van der Waals surface area contributed by atoms with Crippen LogP contribution in [0.25, 0.3) is 0 Å². The number of aryl methyl sites for hydroxylation is 1. The van der Waals surface area contributed by atoms with Crippen molar-refractivity contribution in [1.82, 2.24) is 20.4 Å². The van der Waals surface area contributed by atoms with Crippen LogP contribution in [0.5, 0.6) is 11.5 Å². The molecule has 6 nitrogen and oxygen atoms in total. The topological polar surface area (TPSA) is 68.2 Å². The maximum Gasteiger partial charge on any atom is 0.248 e. The Morgan fingerprint density at radius 1 is 1.17 bits per heavy atom. The van der Waals surface area contributed by atoms with E-state index < -0.39 is 5.54 Å². The molecule has 0 aliphatic carbocycles. The van der Waals surface area contributed by atoms with Gasteiger partial charge in [-0.15, -0.1) is 12.4 Å². The molecular weight excluding hydrogens is 400 g/mol. The number of aromatic nitrogens is 2. The first kappa shape index (κ1) is 21.9. The zero-order valence-electron chi connectivity index (χ0n) is 17.0. The Hall–Kier alpha value is -2.83. The molecule has 1 aliphatic heterocycles. The molecule has 1 amide bonds. The molecule has 4 rings (SSSR count). The van der Waals surface area contributed by atoms with Gasteiger partial charge in [0.2, 0.25) is 5.91 Å². The lowest BCUT2D eigenvalue weighted by Gasteiger charge is -2.36. The second-order valence-corrected chi connectivity index (χ2v) is 7.44. The molecule has 0 bridgehead atoms. The highest BCUT2D eigenvalue weighted by Crippen LogP contribution is 2.29. The number of carbonyl (C=O) groups is 1. The molecule has 158 valence electrons. The number of ether oxygens (including phenoxy) is 1. The smallest absolute Gasteiger partial charge is 0.248 e. The first-order valence-corrected chi connectivity index (χ1v) is 9.99. The minimum Gasteiger partial charge on any atom is -0.457 e. The molecule has 2 N–H and O–H groups in total. The molecule has 0 saturated carbocycles. The molecule has 0 atom stereocenters.